The summed E-state index contributed by atoms with van der Waals surface area (Å²) in [6, 6.07) is 5.97. The molecule has 0 bridgehead atoms. The number of nitrogens with zero attached hydrogens (tertiary/aromatic N) is 1. The highest BCUT2D eigenvalue weighted by atomic mass is 19.4. The van der Waals surface area contributed by atoms with E-state index in [0.29, 0.717) is 12.6 Å². The highest BCUT2D eigenvalue weighted by Gasteiger charge is 2.38. The third-order valence-electron chi connectivity index (χ3n) is 5.95. The molecule has 2 aliphatic rings. The van der Waals surface area contributed by atoms with Crippen LogP contribution in [-0.2, 0) is 17.5 Å². The molecule has 0 spiro atoms. The highest BCUT2D eigenvalue weighted by Crippen LogP contribution is 2.29. The number of hydrogen-bond acceptors (Lipinski definition) is 3. The van der Waals surface area contributed by atoms with Gasteiger partial charge in [-0.05, 0) is 62.4 Å². The quantitative estimate of drug-likeness (QED) is 0.563. The number of rotatable bonds is 5. The second-order valence-electron chi connectivity index (χ2n) is 8.46. The van der Waals surface area contributed by atoms with Gasteiger partial charge in [-0.1, -0.05) is 31.4 Å². The summed E-state index contributed by atoms with van der Waals surface area (Å²) in [4.78, 5) is 11.5. The molecule has 1 aromatic carbocycles. The van der Waals surface area contributed by atoms with E-state index in [1.165, 1.54) is 50.8 Å². The lowest BCUT2D eigenvalue weighted by molar-refractivity contribution is -0.192. The average molecular weight is 468 g/mol. The van der Waals surface area contributed by atoms with Crippen molar-refractivity contribution in [3.8, 4) is 0 Å². The van der Waals surface area contributed by atoms with Crippen molar-refractivity contribution in [2.75, 3.05) is 19.6 Å². The predicted octanol–water partition coefficient (Wildman–Crippen LogP) is 5.47. The Morgan fingerprint density at radius 2 is 1.47 bits per heavy atom. The van der Waals surface area contributed by atoms with E-state index in [-0.39, 0.29) is 0 Å². The van der Waals surface area contributed by atoms with Gasteiger partial charge in [-0.15, -0.1) is 0 Å². The van der Waals surface area contributed by atoms with E-state index >= 15 is 0 Å². The van der Waals surface area contributed by atoms with Crippen LogP contribution < -0.4 is 5.32 Å². The zero-order chi connectivity index (χ0) is 23.8. The van der Waals surface area contributed by atoms with Gasteiger partial charge in [0.1, 0.15) is 0 Å². The van der Waals surface area contributed by atoms with Crippen molar-refractivity contribution in [1.29, 1.82) is 0 Å². The topological polar surface area (TPSA) is 52.6 Å². The van der Waals surface area contributed by atoms with E-state index < -0.39 is 23.9 Å². The Hall–Kier alpha value is -1.81. The Morgan fingerprint density at radius 1 is 0.938 bits per heavy atom. The molecule has 1 aromatic rings. The van der Waals surface area contributed by atoms with E-state index in [4.69, 9.17) is 9.90 Å². The van der Waals surface area contributed by atoms with E-state index in [0.717, 1.165) is 37.4 Å². The molecule has 10 heteroatoms. The summed E-state index contributed by atoms with van der Waals surface area (Å²) >= 11 is 0. The maximum atomic E-state index is 12.6. The fraction of sp³-hybridized carbons (Fsp3) is 0.682. The van der Waals surface area contributed by atoms with Crippen molar-refractivity contribution in [3.63, 3.8) is 0 Å². The molecule has 182 valence electrons. The summed E-state index contributed by atoms with van der Waals surface area (Å²) in [7, 11) is 0. The van der Waals surface area contributed by atoms with Crippen molar-refractivity contribution in [3.05, 3.63) is 35.4 Å². The molecule has 0 amide bonds. The van der Waals surface area contributed by atoms with Crippen LogP contribution in [0.15, 0.2) is 24.3 Å². The summed E-state index contributed by atoms with van der Waals surface area (Å²) in [6.07, 6.45) is -0.0753. The molecule has 0 aromatic heterocycles. The molecule has 1 heterocycles. The van der Waals surface area contributed by atoms with Gasteiger partial charge in [0.25, 0.3) is 0 Å². The van der Waals surface area contributed by atoms with Crippen LogP contribution >= 0.6 is 0 Å². The van der Waals surface area contributed by atoms with Crippen molar-refractivity contribution >= 4 is 5.97 Å². The first-order valence-electron chi connectivity index (χ1n) is 10.9. The number of nitrogens with one attached hydrogen (secondary N) is 1. The minimum atomic E-state index is -5.08. The number of halogens is 6. The van der Waals surface area contributed by atoms with Gasteiger partial charge >= 0.3 is 18.3 Å². The zero-order valence-electron chi connectivity index (χ0n) is 17.8. The minimum absolute atomic E-state index is 0.477. The number of aliphatic carboxylic acids is 1. The van der Waals surface area contributed by atoms with Crippen LogP contribution in [0.3, 0.4) is 0 Å². The van der Waals surface area contributed by atoms with Crippen LogP contribution in [0.5, 0.6) is 0 Å². The van der Waals surface area contributed by atoms with Crippen LogP contribution in [0.4, 0.5) is 26.3 Å². The molecule has 2 N–H and O–H groups in total. The Morgan fingerprint density at radius 3 is 1.94 bits per heavy atom. The minimum Gasteiger partial charge on any atom is -0.475 e. The molecule has 0 atom stereocenters. The maximum Gasteiger partial charge on any atom is 0.490 e. The number of likely N-dealkylation sites (tertiary alicyclic amines) is 1. The summed E-state index contributed by atoms with van der Waals surface area (Å²) in [5.41, 5.74) is 0.338. The molecule has 2 fully saturated rings. The van der Waals surface area contributed by atoms with Gasteiger partial charge < -0.3 is 15.3 Å². The number of carboxylic acids is 1. The first kappa shape index (κ1) is 26.4. The lowest BCUT2D eigenvalue weighted by Gasteiger charge is -2.35. The second kappa shape index (κ2) is 11.9. The van der Waals surface area contributed by atoms with Crippen molar-refractivity contribution < 1.29 is 36.2 Å². The van der Waals surface area contributed by atoms with Gasteiger partial charge in [0.2, 0.25) is 0 Å². The average Bonchev–Trinajstić information content (AvgIpc) is 2.73. The standard InChI is InChI=1S/C20H29F3N2.C2HF3O2/c21-20(22,23)18-8-6-16(7-9-18)14-24-19-10-12-25(13-11-19)15-17-4-2-1-3-5-17;3-2(4,5)1(6)7/h6-9,17,19,24H,1-5,10-15H2;(H,6,7). The number of carbonyl (C=O) groups is 1. The molecule has 1 saturated heterocycles. The number of alkyl halides is 6. The number of carboxylic acid groups (broad SMARTS) is 1. The summed E-state index contributed by atoms with van der Waals surface area (Å²) in [5.74, 6) is -1.86. The van der Waals surface area contributed by atoms with Gasteiger partial charge in [0.15, 0.2) is 0 Å². The predicted molar refractivity (Wildman–Crippen MR) is 108 cm³/mol. The van der Waals surface area contributed by atoms with Crippen LogP contribution in [0.25, 0.3) is 0 Å². The van der Waals surface area contributed by atoms with Gasteiger partial charge in [-0.3, -0.25) is 0 Å². The Labute approximate surface area is 184 Å². The van der Waals surface area contributed by atoms with Gasteiger partial charge in [0, 0.05) is 19.1 Å². The zero-order valence-corrected chi connectivity index (χ0v) is 17.8. The highest BCUT2D eigenvalue weighted by molar-refractivity contribution is 5.73. The fourth-order valence-electron chi connectivity index (χ4n) is 4.13. The van der Waals surface area contributed by atoms with Crippen LogP contribution in [-0.4, -0.2) is 47.8 Å². The largest absolute Gasteiger partial charge is 0.490 e. The van der Waals surface area contributed by atoms with Crippen molar-refractivity contribution in [2.45, 2.75) is 69.9 Å². The van der Waals surface area contributed by atoms with Crippen LogP contribution in [0.1, 0.15) is 56.1 Å². The molecule has 32 heavy (non-hydrogen) atoms. The van der Waals surface area contributed by atoms with Gasteiger partial charge in [0.05, 0.1) is 5.56 Å². The molecule has 1 aliphatic heterocycles. The van der Waals surface area contributed by atoms with Crippen LogP contribution in [0.2, 0.25) is 0 Å². The molecular formula is C22H30F6N2O2. The number of benzene rings is 1. The molecule has 4 nitrogen and oxygen atoms in total. The van der Waals surface area contributed by atoms with E-state index in [1.807, 2.05) is 0 Å². The van der Waals surface area contributed by atoms with E-state index in [2.05, 4.69) is 10.2 Å². The molecule has 0 unspecified atom stereocenters. The first-order valence-corrected chi connectivity index (χ1v) is 10.9. The van der Waals surface area contributed by atoms with Crippen LogP contribution in [0, 0.1) is 5.92 Å². The van der Waals surface area contributed by atoms with Crippen molar-refractivity contribution in [1.82, 2.24) is 10.2 Å². The lowest BCUT2D eigenvalue weighted by atomic mass is 9.88. The normalized spacial score (nSPS) is 19.3. The third-order valence-corrected chi connectivity index (χ3v) is 5.95. The lowest BCUT2D eigenvalue weighted by Crippen LogP contribution is -2.44. The summed E-state index contributed by atoms with van der Waals surface area (Å²) in [5, 5.41) is 10.6. The third kappa shape index (κ3) is 9.36. The van der Waals surface area contributed by atoms with Gasteiger partial charge in [-0.2, -0.15) is 26.3 Å². The second-order valence-corrected chi connectivity index (χ2v) is 8.46. The fourth-order valence-corrected chi connectivity index (χ4v) is 4.13. The maximum absolute atomic E-state index is 12.6. The number of hydrogen-bond donors (Lipinski definition) is 2. The summed E-state index contributed by atoms with van der Waals surface area (Å²) in [6.45, 7) is 4.18. The van der Waals surface area contributed by atoms with Crippen molar-refractivity contribution in [2.24, 2.45) is 5.92 Å². The molecule has 1 saturated carbocycles. The monoisotopic (exact) mass is 468 g/mol. The Bertz CT molecular complexity index is 692. The molecule has 0 radical (unpaired) electrons. The summed E-state index contributed by atoms with van der Waals surface area (Å²) < 4.78 is 69.5. The SMILES string of the molecule is FC(F)(F)c1ccc(CNC2CCN(CC3CCCCC3)CC2)cc1.O=C(O)C(F)(F)F. The Balaban J connectivity index is 0.000000451. The molecule has 1 aliphatic carbocycles. The smallest absolute Gasteiger partial charge is 0.475 e. The Kier molecular flexibility index (Phi) is 9.82. The van der Waals surface area contributed by atoms with Gasteiger partial charge in [-0.25, -0.2) is 4.79 Å². The number of piperidine rings is 1. The molecule has 3 rings (SSSR count). The molecular weight excluding hydrogens is 438 g/mol. The van der Waals surface area contributed by atoms with E-state index in [9.17, 15) is 26.3 Å². The van der Waals surface area contributed by atoms with E-state index in [1.54, 1.807) is 12.1 Å². The first-order chi connectivity index (χ1) is 14.9.